The minimum Gasteiger partial charge on any atom is -0.446 e. The number of ketones is 1. The number of nitrogens with one attached hydrogen (secondary N) is 3. The Bertz CT molecular complexity index is 1360. The van der Waals surface area contributed by atoms with Crippen LogP contribution in [0.3, 0.4) is 0 Å². The average Bonchev–Trinajstić information content (AvgIpc) is 3.31. The molecule has 1 aromatic rings. The lowest BCUT2D eigenvalue weighted by Crippen LogP contribution is -2.66. The summed E-state index contributed by atoms with van der Waals surface area (Å²) in [5, 5.41) is 17.3. The molecule has 1 aliphatic carbocycles. The molecule has 1 spiro atoms. The van der Waals surface area contributed by atoms with E-state index in [9.17, 15) is 42.0 Å². The zero-order valence-corrected chi connectivity index (χ0v) is 25.5. The number of benzene rings is 1. The molecule has 242 valence electrons. The van der Waals surface area contributed by atoms with E-state index in [4.69, 9.17) is 4.74 Å². The molecular formula is C29H40N4O10S. The van der Waals surface area contributed by atoms with Gasteiger partial charge < -0.3 is 30.7 Å². The quantitative estimate of drug-likeness (QED) is 0.185. The summed E-state index contributed by atoms with van der Waals surface area (Å²) in [6.07, 6.45) is 0.378. The van der Waals surface area contributed by atoms with Gasteiger partial charge in [-0.05, 0) is 43.6 Å². The third kappa shape index (κ3) is 8.33. The number of rotatable bonds is 13. The van der Waals surface area contributed by atoms with Crippen LogP contribution in [0.2, 0.25) is 0 Å². The first-order valence-corrected chi connectivity index (χ1v) is 16.2. The highest BCUT2D eigenvalue weighted by Crippen LogP contribution is 2.49. The monoisotopic (exact) mass is 636 g/mol. The van der Waals surface area contributed by atoms with E-state index in [1.807, 2.05) is 30.3 Å². The number of carbonyl (C=O) groups is 5. The van der Waals surface area contributed by atoms with Crippen molar-refractivity contribution in [2.24, 2.45) is 17.3 Å². The Morgan fingerprint density at radius 2 is 1.75 bits per heavy atom. The van der Waals surface area contributed by atoms with Gasteiger partial charge in [0.1, 0.15) is 12.1 Å². The Labute approximate surface area is 256 Å². The minimum atomic E-state index is -5.19. The topological polar surface area (TPSA) is 209 Å². The molecule has 3 fully saturated rings. The maximum atomic E-state index is 13.3. The van der Waals surface area contributed by atoms with Crippen LogP contribution in [0, 0.1) is 17.3 Å². The number of likely N-dealkylation sites (tertiary alicyclic amines) is 1. The maximum absolute atomic E-state index is 13.3. The lowest BCUT2D eigenvalue weighted by atomic mass is 9.61. The maximum Gasteiger partial charge on any atom is 0.408 e. The second-order valence-electron chi connectivity index (χ2n) is 12.5. The van der Waals surface area contributed by atoms with Gasteiger partial charge in [0.2, 0.25) is 28.9 Å². The SMILES string of the molecule is CC(C)C[C@H](NC(=O)OC1CC2(C1)CN(C(=O)Cc1ccccc1)C2)C(=O)N[C@@H](C[C@H]1CCNC1=O)C(=O)C(O)S(=O)(=O)O. The molecule has 4 atom stereocenters. The smallest absolute Gasteiger partial charge is 0.408 e. The van der Waals surface area contributed by atoms with Gasteiger partial charge in [-0.1, -0.05) is 44.2 Å². The van der Waals surface area contributed by atoms with E-state index in [-0.39, 0.29) is 30.1 Å². The van der Waals surface area contributed by atoms with Gasteiger partial charge in [-0.25, -0.2) is 4.79 Å². The van der Waals surface area contributed by atoms with Gasteiger partial charge in [-0.3, -0.25) is 23.7 Å². The molecule has 0 aromatic heterocycles. The minimum absolute atomic E-state index is 0.0425. The fraction of sp³-hybridized carbons (Fsp3) is 0.621. The molecule has 3 aliphatic rings. The van der Waals surface area contributed by atoms with Crippen molar-refractivity contribution in [1.29, 1.82) is 0 Å². The zero-order valence-electron chi connectivity index (χ0n) is 24.7. The summed E-state index contributed by atoms with van der Waals surface area (Å²) < 4.78 is 37.6. The largest absolute Gasteiger partial charge is 0.446 e. The van der Waals surface area contributed by atoms with E-state index in [1.165, 1.54) is 0 Å². The van der Waals surface area contributed by atoms with Crippen LogP contribution in [0.1, 0.15) is 51.5 Å². The lowest BCUT2D eigenvalue weighted by molar-refractivity contribution is -0.162. The third-order valence-electron chi connectivity index (χ3n) is 8.38. The second-order valence-corrected chi connectivity index (χ2v) is 14.0. The molecule has 44 heavy (non-hydrogen) atoms. The molecule has 0 radical (unpaired) electrons. The van der Waals surface area contributed by atoms with Gasteiger partial charge in [-0.2, -0.15) is 8.42 Å². The molecule has 0 bridgehead atoms. The van der Waals surface area contributed by atoms with Crippen molar-refractivity contribution < 1.29 is 46.8 Å². The fourth-order valence-corrected chi connectivity index (χ4v) is 6.55. The first-order chi connectivity index (χ1) is 20.7. The number of nitrogens with zero attached hydrogens (tertiary/aromatic N) is 1. The van der Waals surface area contributed by atoms with Crippen molar-refractivity contribution in [3.05, 3.63) is 35.9 Å². The van der Waals surface area contributed by atoms with E-state index in [0.29, 0.717) is 45.3 Å². The number of amides is 4. The first kappa shape index (κ1) is 33.3. The van der Waals surface area contributed by atoms with Crippen molar-refractivity contribution in [2.45, 2.75) is 76.0 Å². The van der Waals surface area contributed by atoms with Crippen molar-refractivity contribution in [1.82, 2.24) is 20.9 Å². The van der Waals surface area contributed by atoms with Crippen molar-refractivity contribution >= 4 is 39.7 Å². The lowest BCUT2D eigenvalue weighted by Gasteiger charge is -2.58. The van der Waals surface area contributed by atoms with Gasteiger partial charge in [0.25, 0.3) is 10.1 Å². The predicted octanol–water partition coefficient (Wildman–Crippen LogP) is 0.147. The Morgan fingerprint density at radius 1 is 1.09 bits per heavy atom. The third-order valence-corrected chi connectivity index (χ3v) is 9.18. The van der Waals surface area contributed by atoms with Crippen LogP contribution in [0.15, 0.2) is 30.3 Å². The fourth-order valence-electron chi connectivity index (χ4n) is 6.09. The number of hydrogen-bond donors (Lipinski definition) is 5. The number of aliphatic hydroxyl groups is 1. The molecule has 1 saturated carbocycles. The summed E-state index contributed by atoms with van der Waals surface area (Å²) in [5.41, 5.74) is -1.97. The van der Waals surface area contributed by atoms with Gasteiger partial charge in [-0.15, -0.1) is 0 Å². The number of alkyl carbamates (subject to hydrolysis) is 1. The number of Topliss-reactive ketones (excluding diaryl/α,β-unsaturated/α-hetero) is 1. The molecule has 4 rings (SSSR count). The number of carbonyl (C=O) groups excluding carboxylic acids is 5. The first-order valence-electron chi connectivity index (χ1n) is 14.7. The Kier molecular flexibility index (Phi) is 10.3. The van der Waals surface area contributed by atoms with Gasteiger partial charge in [0, 0.05) is 31.0 Å². The molecular weight excluding hydrogens is 596 g/mol. The molecule has 1 unspecified atom stereocenters. The van der Waals surface area contributed by atoms with Gasteiger partial charge >= 0.3 is 6.09 Å². The predicted molar refractivity (Wildman–Crippen MR) is 155 cm³/mol. The molecule has 2 saturated heterocycles. The summed E-state index contributed by atoms with van der Waals surface area (Å²) in [7, 11) is -5.19. The Morgan fingerprint density at radius 3 is 2.32 bits per heavy atom. The number of hydrogen-bond acceptors (Lipinski definition) is 9. The normalized spacial score (nSPS) is 21.4. The molecule has 15 heteroatoms. The number of ether oxygens (including phenoxy) is 1. The van der Waals surface area contributed by atoms with E-state index >= 15 is 0 Å². The second kappa shape index (κ2) is 13.6. The summed E-state index contributed by atoms with van der Waals surface area (Å²) in [4.78, 5) is 65.2. The van der Waals surface area contributed by atoms with Crippen LogP contribution in [-0.2, 0) is 40.5 Å². The van der Waals surface area contributed by atoms with E-state index < -0.39 is 63.4 Å². The standard InChI is InChI=1S/C29H40N4O10S/c1-17(2)10-22(26(37)31-21(12-19-8-9-30-25(19)36)24(35)27(38)44(40,41)42)32-28(39)43-20-13-29(14-20)15-33(16-29)23(34)11-18-6-4-3-5-7-18/h3-7,17,19-22,27,38H,8-16H2,1-2H3,(H,30,36)(H,31,37)(H,32,39)(H,40,41,42)/t19-,21+,22+,27?/m1/s1. The summed E-state index contributed by atoms with van der Waals surface area (Å²) >= 11 is 0. The molecule has 1 aromatic carbocycles. The highest BCUT2D eigenvalue weighted by Gasteiger charge is 2.55. The highest BCUT2D eigenvalue weighted by molar-refractivity contribution is 7.87. The van der Waals surface area contributed by atoms with Gasteiger partial charge in [0.05, 0.1) is 12.5 Å². The van der Waals surface area contributed by atoms with Crippen molar-refractivity contribution in [3.8, 4) is 0 Å². The van der Waals surface area contributed by atoms with Crippen LogP contribution in [0.25, 0.3) is 0 Å². The van der Waals surface area contributed by atoms with Crippen LogP contribution in [-0.4, -0.2) is 95.8 Å². The number of aliphatic hydroxyl groups excluding tert-OH is 1. The summed E-state index contributed by atoms with van der Waals surface area (Å²) in [6.45, 7) is 5.10. The zero-order chi connectivity index (χ0) is 32.2. The van der Waals surface area contributed by atoms with E-state index in [0.717, 1.165) is 5.56 Å². The molecule has 2 aliphatic heterocycles. The van der Waals surface area contributed by atoms with Gasteiger partial charge in [0.15, 0.2) is 0 Å². The summed E-state index contributed by atoms with van der Waals surface area (Å²) in [5.74, 6) is -3.42. The highest BCUT2D eigenvalue weighted by atomic mass is 32.2. The van der Waals surface area contributed by atoms with Crippen LogP contribution < -0.4 is 16.0 Å². The average molecular weight is 637 g/mol. The summed E-state index contributed by atoms with van der Waals surface area (Å²) in [6, 6.07) is 6.67. The van der Waals surface area contributed by atoms with Crippen molar-refractivity contribution in [3.63, 3.8) is 0 Å². The van der Waals surface area contributed by atoms with Crippen LogP contribution in [0.4, 0.5) is 4.79 Å². The molecule has 5 N–H and O–H groups in total. The van der Waals surface area contributed by atoms with E-state index in [2.05, 4.69) is 16.0 Å². The molecule has 14 nitrogen and oxygen atoms in total. The Hall–Kier alpha value is -3.56. The molecule has 2 heterocycles. The molecule has 4 amide bonds. The van der Waals surface area contributed by atoms with Crippen LogP contribution >= 0.6 is 0 Å². The van der Waals surface area contributed by atoms with Crippen LogP contribution in [0.5, 0.6) is 0 Å². The van der Waals surface area contributed by atoms with Crippen molar-refractivity contribution in [2.75, 3.05) is 19.6 Å². The van der Waals surface area contributed by atoms with E-state index in [1.54, 1.807) is 18.7 Å². The Balaban J connectivity index is 1.30.